The van der Waals surface area contributed by atoms with Crippen molar-refractivity contribution in [2.45, 2.75) is 26.2 Å². The van der Waals surface area contributed by atoms with Gasteiger partial charge in [-0.15, -0.1) is 0 Å². The van der Waals surface area contributed by atoms with Crippen molar-refractivity contribution >= 4 is 35.3 Å². The Morgan fingerprint density at radius 3 is 2.03 bits per heavy atom. The van der Waals surface area contributed by atoms with Gasteiger partial charge in [0.05, 0.1) is 6.21 Å². The summed E-state index contributed by atoms with van der Waals surface area (Å²) in [6.07, 6.45) is 1.49. The summed E-state index contributed by atoms with van der Waals surface area (Å²) in [5, 5.41) is 7.32. The molecule has 0 aliphatic heterocycles. The molecule has 0 aliphatic rings. The van der Waals surface area contributed by atoms with Crippen molar-refractivity contribution in [2.75, 3.05) is 5.32 Å². The quantitative estimate of drug-likeness (QED) is 0.403. The molecule has 5 nitrogen and oxygen atoms in total. The molecule has 6 heteroatoms. The molecule has 2 amide bonds. The van der Waals surface area contributed by atoms with Crippen LogP contribution in [0.4, 0.5) is 5.69 Å². The molecule has 0 aliphatic carbocycles. The topological polar surface area (TPSA) is 70.6 Å². The number of amides is 2. The first-order valence-electron chi connectivity index (χ1n) is 9.84. The van der Waals surface area contributed by atoms with E-state index in [4.69, 9.17) is 11.6 Å². The molecule has 0 heterocycles. The Morgan fingerprint density at radius 1 is 0.839 bits per heavy atom. The molecule has 0 saturated carbocycles. The maximum Gasteiger partial charge on any atom is 0.271 e. The van der Waals surface area contributed by atoms with Gasteiger partial charge in [0.15, 0.2) is 0 Å². The highest BCUT2D eigenvalue weighted by Crippen LogP contribution is 2.22. The lowest BCUT2D eigenvalue weighted by Gasteiger charge is -2.19. The Morgan fingerprint density at radius 2 is 1.42 bits per heavy atom. The Hall–Kier alpha value is -3.44. The second-order valence-electron chi connectivity index (χ2n) is 8.08. The van der Waals surface area contributed by atoms with Gasteiger partial charge in [-0.05, 0) is 53.4 Å². The summed E-state index contributed by atoms with van der Waals surface area (Å²) in [6, 6.07) is 21.4. The van der Waals surface area contributed by atoms with Gasteiger partial charge in [-0.3, -0.25) is 9.59 Å². The summed E-state index contributed by atoms with van der Waals surface area (Å²) in [5.41, 5.74) is 5.95. The monoisotopic (exact) mass is 433 g/mol. The largest absolute Gasteiger partial charge is 0.322 e. The van der Waals surface area contributed by atoms with Gasteiger partial charge in [0.25, 0.3) is 11.8 Å². The van der Waals surface area contributed by atoms with Crippen molar-refractivity contribution in [1.29, 1.82) is 0 Å². The zero-order valence-corrected chi connectivity index (χ0v) is 18.4. The third-order valence-corrected chi connectivity index (χ3v) is 5.04. The van der Waals surface area contributed by atoms with E-state index in [0.29, 0.717) is 27.4 Å². The molecule has 0 spiro atoms. The van der Waals surface area contributed by atoms with Crippen LogP contribution < -0.4 is 10.7 Å². The number of carbonyl (C=O) groups is 2. The molecule has 0 aromatic heterocycles. The number of hydrogen-bond acceptors (Lipinski definition) is 3. The van der Waals surface area contributed by atoms with Crippen LogP contribution in [0.25, 0.3) is 0 Å². The standard InChI is InChI=1S/C25H24ClN3O2/c1-25(2,3)20-12-8-17(9-13-20)23(30)28-21-14-10-18(11-15-21)24(31)29-27-16-19-6-4-5-7-22(19)26/h4-16H,1-3H3,(H,28,30)(H,29,31)/b27-16+. The number of rotatable bonds is 5. The van der Waals surface area contributed by atoms with Crippen LogP contribution in [-0.4, -0.2) is 18.0 Å². The number of nitrogens with one attached hydrogen (secondary N) is 2. The van der Waals surface area contributed by atoms with Gasteiger partial charge in [0.1, 0.15) is 0 Å². The summed E-state index contributed by atoms with van der Waals surface area (Å²) in [7, 11) is 0. The Bertz CT molecular complexity index is 1100. The van der Waals surface area contributed by atoms with E-state index in [0.717, 1.165) is 5.56 Å². The normalized spacial score (nSPS) is 11.4. The Kier molecular flexibility index (Phi) is 6.88. The average Bonchev–Trinajstić information content (AvgIpc) is 2.75. The smallest absolute Gasteiger partial charge is 0.271 e. The van der Waals surface area contributed by atoms with E-state index < -0.39 is 0 Å². The number of carbonyl (C=O) groups excluding carboxylic acids is 2. The summed E-state index contributed by atoms with van der Waals surface area (Å²) in [5.74, 6) is -0.569. The Labute approximate surface area is 187 Å². The third-order valence-electron chi connectivity index (χ3n) is 4.69. The lowest BCUT2D eigenvalue weighted by molar-refractivity contribution is 0.0954. The van der Waals surface area contributed by atoms with Gasteiger partial charge in [0.2, 0.25) is 0 Å². The zero-order valence-electron chi connectivity index (χ0n) is 17.6. The molecule has 0 atom stereocenters. The summed E-state index contributed by atoms with van der Waals surface area (Å²) in [6.45, 7) is 6.38. The number of nitrogens with zero attached hydrogens (tertiary/aromatic N) is 1. The van der Waals surface area contributed by atoms with Crippen molar-refractivity contribution in [1.82, 2.24) is 5.43 Å². The van der Waals surface area contributed by atoms with Crippen LogP contribution in [-0.2, 0) is 5.41 Å². The van der Waals surface area contributed by atoms with E-state index in [-0.39, 0.29) is 17.2 Å². The van der Waals surface area contributed by atoms with E-state index in [9.17, 15) is 9.59 Å². The van der Waals surface area contributed by atoms with Crippen molar-refractivity contribution < 1.29 is 9.59 Å². The molecule has 31 heavy (non-hydrogen) atoms. The van der Waals surface area contributed by atoms with Gasteiger partial charge in [-0.1, -0.05) is 62.7 Å². The summed E-state index contributed by atoms with van der Waals surface area (Å²) < 4.78 is 0. The summed E-state index contributed by atoms with van der Waals surface area (Å²) in [4.78, 5) is 24.7. The predicted molar refractivity (Wildman–Crippen MR) is 126 cm³/mol. The summed E-state index contributed by atoms with van der Waals surface area (Å²) >= 11 is 6.05. The van der Waals surface area contributed by atoms with Crippen LogP contribution >= 0.6 is 11.6 Å². The van der Waals surface area contributed by atoms with Gasteiger partial charge in [-0.25, -0.2) is 5.43 Å². The molecule has 2 N–H and O–H groups in total. The minimum absolute atomic E-state index is 0.0306. The number of benzene rings is 3. The van der Waals surface area contributed by atoms with E-state index in [1.807, 2.05) is 36.4 Å². The van der Waals surface area contributed by atoms with Crippen LogP contribution in [0.3, 0.4) is 0 Å². The molecular weight excluding hydrogens is 410 g/mol. The first-order valence-corrected chi connectivity index (χ1v) is 10.2. The third kappa shape index (κ3) is 6.03. The van der Waals surface area contributed by atoms with Crippen molar-refractivity contribution in [2.24, 2.45) is 5.10 Å². The van der Waals surface area contributed by atoms with Gasteiger partial charge < -0.3 is 5.32 Å². The van der Waals surface area contributed by atoms with Crippen molar-refractivity contribution in [3.8, 4) is 0 Å². The minimum atomic E-state index is -0.362. The molecule has 158 valence electrons. The van der Waals surface area contributed by atoms with E-state index in [1.54, 1.807) is 36.4 Å². The number of halogens is 1. The maximum absolute atomic E-state index is 12.5. The van der Waals surface area contributed by atoms with Crippen LogP contribution in [0, 0.1) is 0 Å². The van der Waals surface area contributed by atoms with Gasteiger partial charge in [-0.2, -0.15) is 5.10 Å². The van der Waals surface area contributed by atoms with Gasteiger partial charge >= 0.3 is 0 Å². The lowest BCUT2D eigenvalue weighted by atomic mass is 9.87. The van der Waals surface area contributed by atoms with Crippen LogP contribution in [0.15, 0.2) is 77.9 Å². The fraction of sp³-hybridized carbons (Fsp3) is 0.160. The number of anilines is 1. The highest BCUT2D eigenvalue weighted by atomic mass is 35.5. The van der Waals surface area contributed by atoms with Crippen LogP contribution in [0.2, 0.25) is 5.02 Å². The second kappa shape index (κ2) is 9.58. The maximum atomic E-state index is 12.5. The highest BCUT2D eigenvalue weighted by Gasteiger charge is 2.14. The highest BCUT2D eigenvalue weighted by molar-refractivity contribution is 6.33. The predicted octanol–water partition coefficient (Wildman–Crippen LogP) is 5.65. The minimum Gasteiger partial charge on any atom is -0.322 e. The molecule has 3 rings (SSSR count). The zero-order chi connectivity index (χ0) is 22.4. The van der Waals surface area contributed by atoms with Gasteiger partial charge in [0, 0.05) is 27.4 Å². The average molecular weight is 434 g/mol. The fourth-order valence-electron chi connectivity index (χ4n) is 2.83. The molecule has 0 radical (unpaired) electrons. The van der Waals surface area contributed by atoms with E-state index in [1.165, 1.54) is 6.21 Å². The van der Waals surface area contributed by atoms with Crippen LogP contribution in [0.1, 0.15) is 52.6 Å². The van der Waals surface area contributed by atoms with Crippen LogP contribution in [0.5, 0.6) is 0 Å². The molecule has 3 aromatic carbocycles. The second-order valence-corrected chi connectivity index (χ2v) is 8.49. The van der Waals surface area contributed by atoms with E-state index in [2.05, 4.69) is 36.6 Å². The molecule has 0 fully saturated rings. The first-order chi connectivity index (χ1) is 14.7. The van der Waals surface area contributed by atoms with E-state index >= 15 is 0 Å². The lowest BCUT2D eigenvalue weighted by Crippen LogP contribution is -2.18. The Balaban J connectivity index is 1.58. The molecule has 0 bridgehead atoms. The SMILES string of the molecule is CC(C)(C)c1ccc(C(=O)Nc2ccc(C(=O)N/N=C/c3ccccc3Cl)cc2)cc1. The number of hydrazone groups is 1. The molecule has 0 unspecified atom stereocenters. The molecule has 0 saturated heterocycles. The molecule has 3 aromatic rings. The number of hydrogen-bond donors (Lipinski definition) is 2. The molecular formula is C25H24ClN3O2. The van der Waals surface area contributed by atoms with Crippen molar-refractivity contribution in [3.63, 3.8) is 0 Å². The van der Waals surface area contributed by atoms with Crippen molar-refractivity contribution in [3.05, 3.63) is 100 Å². The first kappa shape index (κ1) is 22.2. The fourth-order valence-corrected chi connectivity index (χ4v) is 3.02.